The summed E-state index contributed by atoms with van der Waals surface area (Å²) in [7, 11) is 0. The number of tetrazole rings is 1. The molecule has 0 saturated carbocycles. The number of nitrogens with one attached hydrogen (secondary N) is 1. The molecule has 0 saturated heterocycles. The van der Waals surface area contributed by atoms with E-state index in [0.717, 1.165) is 11.1 Å². The van der Waals surface area contributed by atoms with Crippen LogP contribution in [-0.4, -0.2) is 32.3 Å². The number of benzene rings is 2. The van der Waals surface area contributed by atoms with Gasteiger partial charge in [0.2, 0.25) is 5.82 Å². The third-order valence-electron chi connectivity index (χ3n) is 3.58. The van der Waals surface area contributed by atoms with Gasteiger partial charge in [-0.1, -0.05) is 67.6 Å². The number of hydrogen-bond donors (Lipinski definition) is 1. The number of carbonyl (C=O) groups excluding carboxylic acids is 1. The second-order valence-electron chi connectivity index (χ2n) is 5.52. The number of hydrogen-bond acceptors (Lipinski definition) is 5. The second kappa shape index (κ2) is 7.96. The number of carbonyl (C=O) groups is 1. The van der Waals surface area contributed by atoms with Crippen molar-refractivity contribution in [1.82, 2.24) is 25.6 Å². The van der Waals surface area contributed by atoms with E-state index in [1.165, 1.54) is 4.80 Å². The summed E-state index contributed by atoms with van der Waals surface area (Å²) < 4.78 is 0. The lowest BCUT2D eigenvalue weighted by Crippen LogP contribution is -2.24. The predicted octanol–water partition coefficient (Wildman–Crippen LogP) is 2.25. The minimum absolute atomic E-state index is 0.0448. The third-order valence-corrected chi connectivity index (χ3v) is 3.58. The maximum absolute atomic E-state index is 11.9. The zero-order valence-corrected chi connectivity index (χ0v) is 13.8. The minimum Gasteiger partial charge on any atom is -0.271 e. The molecule has 1 atom stereocenters. The number of nitrogens with zero attached hydrogens (tertiary/aromatic N) is 5. The highest BCUT2D eigenvalue weighted by molar-refractivity contribution is 5.77. The molecule has 0 radical (unpaired) electrons. The van der Waals surface area contributed by atoms with Crippen LogP contribution >= 0.6 is 0 Å². The van der Waals surface area contributed by atoms with Crippen molar-refractivity contribution in [3.05, 3.63) is 66.2 Å². The summed E-state index contributed by atoms with van der Waals surface area (Å²) in [4.78, 5) is 13.2. The molecule has 0 fully saturated rings. The fraction of sp³-hybridized carbons (Fsp3) is 0.167. The van der Waals surface area contributed by atoms with E-state index in [-0.39, 0.29) is 18.4 Å². The summed E-state index contributed by atoms with van der Waals surface area (Å²) in [6.45, 7) is 1.97. The Hall–Kier alpha value is -3.35. The van der Waals surface area contributed by atoms with Gasteiger partial charge in [0.25, 0.3) is 5.91 Å². The lowest BCUT2D eigenvalue weighted by atomic mass is 10.0. The van der Waals surface area contributed by atoms with Crippen LogP contribution in [0.5, 0.6) is 0 Å². The zero-order valence-electron chi connectivity index (χ0n) is 13.8. The SMILES string of the molecule is CC(C=NNC(=O)Cn1nnc(-c2ccccc2)n1)c1ccccc1. The van der Waals surface area contributed by atoms with E-state index < -0.39 is 0 Å². The molecule has 25 heavy (non-hydrogen) atoms. The van der Waals surface area contributed by atoms with Crippen molar-refractivity contribution in [1.29, 1.82) is 0 Å². The minimum atomic E-state index is -0.312. The Kier molecular flexibility index (Phi) is 5.26. The molecule has 0 spiro atoms. The van der Waals surface area contributed by atoms with Crippen LogP contribution in [0.25, 0.3) is 11.4 Å². The predicted molar refractivity (Wildman–Crippen MR) is 94.7 cm³/mol. The van der Waals surface area contributed by atoms with Crippen molar-refractivity contribution in [2.75, 3.05) is 0 Å². The van der Waals surface area contributed by atoms with E-state index in [4.69, 9.17) is 0 Å². The van der Waals surface area contributed by atoms with E-state index in [2.05, 4.69) is 25.9 Å². The summed E-state index contributed by atoms with van der Waals surface area (Å²) in [6, 6.07) is 19.4. The summed E-state index contributed by atoms with van der Waals surface area (Å²) >= 11 is 0. The first-order chi connectivity index (χ1) is 12.2. The number of hydrazone groups is 1. The maximum atomic E-state index is 11.9. The van der Waals surface area contributed by atoms with Gasteiger partial charge in [0, 0.05) is 17.7 Å². The van der Waals surface area contributed by atoms with Gasteiger partial charge < -0.3 is 0 Å². The molecule has 1 N–H and O–H groups in total. The lowest BCUT2D eigenvalue weighted by molar-refractivity contribution is -0.122. The quantitative estimate of drug-likeness (QED) is 0.553. The molecule has 126 valence electrons. The number of aromatic nitrogens is 4. The molecule has 7 heteroatoms. The molecule has 1 aromatic heterocycles. The van der Waals surface area contributed by atoms with Gasteiger partial charge in [0.15, 0.2) is 0 Å². The Morgan fingerprint density at radius 1 is 1.16 bits per heavy atom. The first-order valence-electron chi connectivity index (χ1n) is 7.92. The molecule has 1 amide bonds. The Morgan fingerprint density at radius 2 is 1.84 bits per heavy atom. The molecular weight excluding hydrogens is 316 g/mol. The van der Waals surface area contributed by atoms with E-state index >= 15 is 0 Å². The monoisotopic (exact) mass is 334 g/mol. The zero-order chi connectivity index (χ0) is 17.5. The smallest absolute Gasteiger partial charge is 0.263 e. The van der Waals surface area contributed by atoms with Crippen molar-refractivity contribution >= 4 is 12.1 Å². The summed E-state index contributed by atoms with van der Waals surface area (Å²) in [6.07, 6.45) is 1.69. The summed E-state index contributed by atoms with van der Waals surface area (Å²) in [5.41, 5.74) is 4.46. The molecule has 2 aromatic carbocycles. The van der Waals surface area contributed by atoms with Crippen molar-refractivity contribution in [3.63, 3.8) is 0 Å². The van der Waals surface area contributed by atoms with Crippen molar-refractivity contribution in [2.24, 2.45) is 5.10 Å². The maximum Gasteiger partial charge on any atom is 0.263 e. The largest absolute Gasteiger partial charge is 0.271 e. The molecule has 1 heterocycles. The standard InChI is InChI=1S/C18H18N6O/c1-14(15-8-4-2-5-9-15)12-19-20-17(25)13-24-22-18(21-23-24)16-10-6-3-7-11-16/h2-12,14H,13H2,1H3,(H,20,25). The fourth-order valence-corrected chi connectivity index (χ4v) is 2.24. The average molecular weight is 334 g/mol. The molecule has 0 aliphatic heterocycles. The highest BCUT2D eigenvalue weighted by Crippen LogP contribution is 2.12. The molecular formula is C18H18N6O. The van der Waals surface area contributed by atoms with Gasteiger partial charge >= 0.3 is 0 Å². The van der Waals surface area contributed by atoms with Crippen LogP contribution in [0.15, 0.2) is 65.8 Å². The topological polar surface area (TPSA) is 85.1 Å². The Morgan fingerprint density at radius 3 is 2.56 bits per heavy atom. The van der Waals surface area contributed by atoms with Crippen LogP contribution in [0.4, 0.5) is 0 Å². The Labute approximate surface area is 145 Å². The van der Waals surface area contributed by atoms with Crippen LogP contribution in [0.3, 0.4) is 0 Å². The van der Waals surface area contributed by atoms with Crippen molar-refractivity contribution in [2.45, 2.75) is 19.4 Å². The first-order valence-corrected chi connectivity index (χ1v) is 7.92. The molecule has 3 rings (SSSR count). The van der Waals surface area contributed by atoms with Gasteiger partial charge in [-0.2, -0.15) is 9.90 Å². The van der Waals surface area contributed by atoms with Crippen LogP contribution in [-0.2, 0) is 11.3 Å². The highest BCUT2D eigenvalue weighted by Gasteiger charge is 2.08. The van der Waals surface area contributed by atoms with Gasteiger partial charge in [0.1, 0.15) is 6.54 Å². The summed E-state index contributed by atoms with van der Waals surface area (Å²) in [5.74, 6) is 0.277. The number of rotatable bonds is 6. The van der Waals surface area contributed by atoms with Crippen LogP contribution in [0.1, 0.15) is 18.4 Å². The molecule has 7 nitrogen and oxygen atoms in total. The lowest BCUT2D eigenvalue weighted by Gasteiger charge is -2.05. The van der Waals surface area contributed by atoms with Crippen LogP contribution < -0.4 is 5.43 Å². The third kappa shape index (κ3) is 4.57. The normalized spacial score (nSPS) is 12.2. The van der Waals surface area contributed by atoms with Gasteiger partial charge in [-0.3, -0.25) is 4.79 Å². The van der Waals surface area contributed by atoms with Crippen LogP contribution in [0.2, 0.25) is 0 Å². The van der Waals surface area contributed by atoms with Crippen molar-refractivity contribution in [3.8, 4) is 11.4 Å². The fourth-order valence-electron chi connectivity index (χ4n) is 2.24. The molecule has 0 bridgehead atoms. The first kappa shape index (κ1) is 16.5. The van der Waals surface area contributed by atoms with Gasteiger partial charge in [-0.05, 0) is 10.8 Å². The summed E-state index contributed by atoms with van der Waals surface area (Å²) in [5, 5.41) is 16.0. The Balaban J connectivity index is 1.53. The van der Waals surface area contributed by atoms with Crippen LogP contribution in [0, 0.1) is 0 Å². The molecule has 0 aliphatic carbocycles. The Bertz CT molecular complexity index is 844. The van der Waals surface area contributed by atoms with Gasteiger partial charge in [0.05, 0.1) is 0 Å². The second-order valence-corrected chi connectivity index (χ2v) is 5.52. The van der Waals surface area contributed by atoms with E-state index in [1.54, 1.807) is 6.21 Å². The van der Waals surface area contributed by atoms with Crippen molar-refractivity contribution < 1.29 is 4.79 Å². The van der Waals surface area contributed by atoms with E-state index in [1.807, 2.05) is 67.6 Å². The van der Waals surface area contributed by atoms with E-state index in [9.17, 15) is 4.79 Å². The van der Waals surface area contributed by atoms with Gasteiger partial charge in [-0.25, -0.2) is 5.43 Å². The molecule has 0 aliphatic rings. The number of amides is 1. The van der Waals surface area contributed by atoms with Gasteiger partial charge in [-0.15, -0.1) is 10.2 Å². The molecule has 3 aromatic rings. The average Bonchev–Trinajstić information content (AvgIpc) is 3.11. The molecule has 1 unspecified atom stereocenters. The highest BCUT2D eigenvalue weighted by atomic mass is 16.2. The van der Waals surface area contributed by atoms with E-state index in [0.29, 0.717) is 5.82 Å².